The van der Waals surface area contributed by atoms with Crippen molar-refractivity contribution in [1.82, 2.24) is 0 Å². The average Bonchev–Trinajstić information content (AvgIpc) is 2.78. The molecule has 4 nitrogen and oxygen atoms in total. The predicted octanol–water partition coefficient (Wildman–Crippen LogP) is 8.51. The Kier molecular flexibility index (Phi) is 14.8. The molecule has 0 bridgehead atoms. The molecule has 0 fully saturated rings. The number of benzene rings is 1. The van der Waals surface area contributed by atoms with Crippen LogP contribution in [0.1, 0.15) is 92.4 Å². The van der Waals surface area contributed by atoms with E-state index in [1.54, 1.807) is 21.3 Å². The minimum Gasteiger partial charge on any atom is -0.493 e. The second kappa shape index (κ2) is 16.7. The summed E-state index contributed by atoms with van der Waals surface area (Å²) in [5, 5.41) is 3.44. The third kappa shape index (κ3) is 12.3. The van der Waals surface area contributed by atoms with Crippen LogP contribution in [0.3, 0.4) is 0 Å². The molecular formula is C29H51NO3. The number of hydrogen-bond acceptors (Lipinski definition) is 4. The molecule has 1 rings (SSSR count). The summed E-state index contributed by atoms with van der Waals surface area (Å²) in [5.41, 5.74) is 2.40. The van der Waals surface area contributed by atoms with E-state index in [1.165, 1.54) is 63.4 Å². The Hall–Kier alpha value is -1.84. The fourth-order valence-electron chi connectivity index (χ4n) is 4.34. The Morgan fingerprint density at radius 2 is 1.30 bits per heavy atom. The second-order valence-corrected chi connectivity index (χ2v) is 10.2. The number of hydrogen-bond donors (Lipinski definition) is 1. The topological polar surface area (TPSA) is 39.7 Å². The molecule has 2 unspecified atom stereocenters. The minimum absolute atomic E-state index is 0.618. The highest BCUT2D eigenvalue weighted by Crippen LogP contribution is 2.39. The first-order chi connectivity index (χ1) is 15.8. The first-order valence-electron chi connectivity index (χ1n) is 13.0. The summed E-state index contributed by atoms with van der Waals surface area (Å²) in [6, 6.07) is 3.88. The van der Waals surface area contributed by atoms with Crippen molar-refractivity contribution in [3.05, 3.63) is 23.8 Å². The standard InChI is InChI=1S/C29H51NO3/c1-22(2)12-9-13-23(3)14-10-15-24(4)16-11-17-25(5)18-19-30-26-20-27(31-6)29(33-8)28(21-26)32-7/h18,20-24,30H,9-17,19H2,1-8H3. The zero-order valence-corrected chi connectivity index (χ0v) is 22.8. The third-order valence-corrected chi connectivity index (χ3v) is 6.56. The van der Waals surface area contributed by atoms with Crippen molar-refractivity contribution in [2.45, 2.75) is 92.4 Å². The predicted molar refractivity (Wildman–Crippen MR) is 143 cm³/mol. The number of allylic oxidation sites excluding steroid dienone is 1. The van der Waals surface area contributed by atoms with Crippen molar-refractivity contribution in [2.75, 3.05) is 33.2 Å². The quantitative estimate of drug-likeness (QED) is 0.222. The van der Waals surface area contributed by atoms with Gasteiger partial charge in [-0.1, -0.05) is 84.3 Å². The Morgan fingerprint density at radius 1 is 0.788 bits per heavy atom. The molecule has 0 saturated heterocycles. The van der Waals surface area contributed by atoms with Crippen molar-refractivity contribution in [2.24, 2.45) is 17.8 Å². The van der Waals surface area contributed by atoms with E-state index in [1.807, 2.05) is 12.1 Å². The van der Waals surface area contributed by atoms with Crippen LogP contribution >= 0.6 is 0 Å². The molecule has 0 aliphatic carbocycles. The van der Waals surface area contributed by atoms with E-state index in [-0.39, 0.29) is 0 Å². The van der Waals surface area contributed by atoms with Gasteiger partial charge in [0.2, 0.25) is 5.75 Å². The maximum absolute atomic E-state index is 5.43. The van der Waals surface area contributed by atoms with Crippen LogP contribution < -0.4 is 19.5 Å². The highest BCUT2D eigenvalue weighted by atomic mass is 16.5. The molecule has 0 saturated carbocycles. The molecule has 4 heteroatoms. The maximum atomic E-state index is 5.43. The van der Waals surface area contributed by atoms with Crippen molar-refractivity contribution >= 4 is 5.69 Å². The highest BCUT2D eigenvalue weighted by molar-refractivity contribution is 5.62. The summed E-state index contributed by atoms with van der Waals surface area (Å²) in [5.74, 6) is 4.52. The zero-order valence-electron chi connectivity index (χ0n) is 22.8. The molecule has 0 aliphatic heterocycles. The van der Waals surface area contributed by atoms with Gasteiger partial charge in [-0.15, -0.1) is 0 Å². The molecule has 1 aromatic carbocycles. The molecule has 0 radical (unpaired) electrons. The Morgan fingerprint density at radius 3 is 1.79 bits per heavy atom. The molecule has 0 aliphatic rings. The van der Waals surface area contributed by atoms with Gasteiger partial charge in [0.15, 0.2) is 11.5 Å². The third-order valence-electron chi connectivity index (χ3n) is 6.56. The Labute approximate surface area is 204 Å². The van der Waals surface area contributed by atoms with Crippen LogP contribution in [0, 0.1) is 17.8 Å². The van der Waals surface area contributed by atoms with E-state index in [0.29, 0.717) is 17.2 Å². The number of methoxy groups -OCH3 is 3. The summed E-state index contributed by atoms with van der Waals surface area (Å²) in [6.45, 7) is 12.5. The normalized spacial score (nSPS) is 13.7. The number of ether oxygens (including phenoxy) is 3. The van der Waals surface area contributed by atoms with Gasteiger partial charge in [-0.2, -0.15) is 0 Å². The van der Waals surface area contributed by atoms with Crippen molar-refractivity contribution in [3.63, 3.8) is 0 Å². The van der Waals surface area contributed by atoms with Crippen molar-refractivity contribution in [3.8, 4) is 17.2 Å². The maximum Gasteiger partial charge on any atom is 0.203 e. The van der Waals surface area contributed by atoms with Crippen LogP contribution in [0.4, 0.5) is 5.69 Å². The summed E-state index contributed by atoms with van der Waals surface area (Å²) in [7, 11) is 4.90. The monoisotopic (exact) mass is 461 g/mol. The SMILES string of the molecule is COc1cc(NCC=C(C)CCCC(C)CCCC(C)CCCC(C)C)cc(OC)c1OC. The van der Waals surface area contributed by atoms with Gasteiger partial charge in [-0.3, -0.25) is 0 Å². The van der Waals surface area contributed by atoms with Crippen molar-refractivity contribution in [1.29, 1.82) is 0 Å². The number of nitrogens with one attached hydrogen (secondary N) is 1. The van der Waals surface area contributed by atoms with E-state index in [9.17, 15) is 0 Å². The first-order valence-corrected chi connectivity index (χ1v) is 13.0. The number of rotatable bonds is 18. The van der Waals surface area contributed by atoms with E-state index in [4.69, 9.17) is 14.2 Å². The number of anilines is 1. The molecule has 0 aromatic heterocycles. The van der Waals surface area contributed by atoms with Gasteiger partial charge in [0.1, 0.15) is 0 Å². The Bertz CT molecular complexity index is 658. The van der Waals surface area contributed by atoms with Gasteiger partial charge in [0.25, 0.3) is 0 Å². The fourth-order valence-corrected chi connectivity index (χ4v) is 4.34. The average molecular weight is 462 g/mol. The van der Waals surface area contributed by atoms with Gasteiger partial charge in [-0.25, -0.2) is 0 Å². The molecule has 0 amide bonds. The zero-order chi connectivity index (χ0) is 24.6. The van der Waals surface area contributed by atoms with E-state index >= 15 is 0 Å². The molecule has 33 heavy (non-hydrogen) atoms. The van der Waals surface area contributed by atoms with Gasteiger partial charge in [0, 0.05) is 24.4 Å². The van der Waals surface area contributed by atoms with E-state index in [0.717, 1.165) is 30.0 Å². The molecule has 0 spiro atoms. The lowest BCUT2D eigenvalue weighted by atomic mass is 9.91. The van der Waals surface area contributed by atoms with Gasteiger partial charge >= 0.3 is 0 Å². The van der Waals surface area contributed by atoms with Gasteiger partial charge in [0.05, 0.1) is 21.3 Å². The summed E-state index contributed by atoms with van der Waals surface area (Å²) >= 11 is 0. The minimum atomic E-state index is 0.618. The lowest BCUT2D eigenvalue weighted by molar-refractivity contribution is 0.324. The van der Waals surface area contributed by atoms with Crippen LogP contribution in [0.5, 0.6) is 17.2 Å². The lowest BCUT2D eigenvalue weighted by Gasteiger charge is -2.15. The van der Waals surface area contributed by atoms with Crippen LogP contribution in [-0.2, 0) is 0 Å². The van der Waals surface area contributed by atoms with Crippen LogP contribution in [0.25, 0.3) is 0 Å². The van der Waals surface area contributed by atoms with Crippen LogP contribution in [0.15, 0.2) is 23.8 Å². The first kappa shape index (κ1) is 29.2. The van der Waals surface area contributed by atoms with Gasteiger partial charge < -0.3 is 19.5 Å². The molecule has 1 aromatic rings. The molecular weight excluding hydrogens is 410 g/mol. The second-order valence-electron chi connectivity index (χ2n) is 10.2. The smallest absolute Gasteiger partial charge is 0.203 e. The molecule has 2 atom stereocenters. The van der Waals surface area contributed by atoms with Gasteiger partial charge in [-0.05, 0) is 37.5 Å². The van der Waals surface area contributed by atoms with E-state index < -0.39 is 0 Å². The Balaban J connectivity index is 2.28. The van der Waals surface area contributed by atoms with Crippen LogP contribution in [0.2, 0.25) is 0 Å². The van der Waals surface area contributed by atoms with Crippen molar-refractivity contribution < 1.29 is 14.2 Å². The summed E-state index contributed by atoms with van der Waals surface area (Å²) < 4.78 is 16.2. The van der Waals surface area contributed by atoms with Crippen LogP contribution in [-0.4, -0.2) is 27.9 Å². The fraction of sp³-hybridized carbons (Fsp3) is 0.724. The highest BCUT2D eigenvalue weighted by Gasteiger charge is 2.12. The summed E-state index contributed by atoms with van der Waals surface area (Å²) in [4.78, 5) is 0. The lowest BCUT2D eigenvalue weighted by Crippen LogP contribution is -2.02. The van der Waals surface area contributed by atoms with E-state index in [2.05, 4.69) is 46.0 Å². The molecule has 0 heterocycles. The molecule has 190 valence electrons. The largest absolute Gasteiger partial charge is 0.493 e. The molecule has 1 N–H and O–H groups in total. The summed E-state index contributed by atoms with van der Waals surface area (Å²) in [6.07, 6.45) is 14.4.